The number of rotatable bonds is 18. The Bertz CT molecular complexity index is 354. The SMILES string of the molecule is CCCCCCCCCC[C@@H](CCCCCCCC)Cc1ccsc1. The predicted molar refractivity (Wildman–Crippen MR) is 117 cm³/mol. The zero-order chi connectivity index (χ0) is 18.0. The molecule has 0 aliphatic rings. The van der Waals surface area contributed by atoms with Crippen LogP contribution >= 0.6 is 11.3 Å². The lowest BCUT2D eigenvalue weighted by molar-refractivity contribution is 0.400. The molecule has 1 aromatic heterocycles. The van der Waals surface area contributed by atoms with Gasteiger partial charge in [-0.05, 0) is 34.7 Å². The molecule has 1 heteroatoms. The Labute approximate surface area is 162 Å². The van der Waals surface area contributed by atoms with Crippen molar-refractivity contribution in [2.75, 3.05) is 0 Å². The van der Waals surface area contributed by atoms with Crippen LogP contribution < -0.4 is 0 Å². The van der Waals surface area contributed by atoms with Crippen molar-refractivity contribution < 1.29 is 0 Å². The van der Waals surface area contributed by atoms with Crippen molar-refractivity contribution in [1.29, 1.82) is 0 Å². The second-order valence-corrected chi connectivity index (χ2v) is 8.80. The second-order valence-electron chi connectivity index (χ2n) is 8.02. The Morgan fingerprint density at radius 3 is 1.60 bits per heavy atom. The fourth-order valence-corrected chi connectivity index (χ4v) is 4.55. The summed E-state index contributed by atoms with van der Waals surface area (Å²) in [6.45, 7) is 4.61. The normalized spacial score (nSPS) is 12.6. The average Bonchev–Trinajstić information content (AvgIpc) is 3.13. The van der Waals surface area contributed by atoms with E-state index in [0.717, 1.165) is 5.92 Å². The van der Waals surface area contributed by atoms with Crippen molar-refractivity contribution in [2.45, 2.75) is 123 Å². The topological polar surface area (TPSA) is 0 Å². The maximum Gasteiger partial charge on any atom is -0.00612 e. The van der Waals surface area contributed by atoms with Crippen LogP contribution in [0.1, 0.15) is 122 Å². The number of unbranched alkanes of at least 4 members (excludes halogenated alkanes) is 12. The zero-order valence-corrected chi connectivity index (χ0v) is 18.1. The molecule has 0 N–H and O–H groups in total. The molecule has 0 fully saturated rings. The molecular weight excluding hydrogens is 320 g/mol. The first-order valence-corrected chi connectivity index (χ1v) is 12.3. The van der Waals surface area contributed by atoms with E-state index in [9.17, 15) is 0 Å². The van der Waals surface area contributed by atoms with E-state index in [1.807, 2.05) is 11.3 Å². The lowest BCUT2D eigenvalue weighted by Crippen LogP contribution is -2.05. The number of hydrogen-bond donors (Lipinski definition) is 0. The van der Waals surface area contributed by atoms with E-state index in [-0.39, 0.29) is 0 Å². The van der Waals surface area contributed by atoms with E-state index in [1.165, 1.54) is 109 Å². The van der Waals surface area contributed by atoms with Gasteiger partial charge in [0.2, 0.25) is 0 Å². The Morgan fingerprint density at radius 1 is 0.680 bits per heavy atom. The molecule has 0 aliphatic carbocycles. The first-order chi connectivity index (χ1) is 12.4. The maximum absolute atomic E-state index is 2.36. The summed E-state index contributed by atoms with van der Waals surface area (Å²) < 4.78 is 0. The van der Waals surface area contributed by atoms with E-state index in [4.69, 9.17) is 0 Å². The van der Waals surface area contributed by atoms with Crippen LogP contribution in [0.2, 0.25) is 0 Å². The van der Waals surface area contributed by atoms with Crippen LogP contribution in [0.3, 0.4) is 0 Å². The molecule has 1 aromatic rings. The summed E-state index contributed by atoms with van der Waals surface area (Å²) in [7, 11) is 0. The fourth-order valence-electron chi connectivity index (χ4n) is 3.87. The molecular formula is C24H44S. The third-order valence-electron chi connectivity index (χ3n) is 5.54. The Morgan fingerprint density at radius 2 is 1.16 bits per heavy atom. The van der Waals surface area contributed by atoms with Gasteiger partial charge in [0.25, 0.3) is 0 Å². The summed E-state index contributed by atoms with van der Waals surface area (Å²) in [6.07, 6.45) is 24.4. The molecule has 25 heavy (non-hydrogen) atoms. The van der Waals surface area contributed by atoms with E-state index in [0.29, 0.717) is 0 Å². The van der Waals surface area contributed by atoms with Gasteiger partial charge in [0.15, 0.2) is 0 Å². The van der Waals surface area contributed by atoms with Crippen LogP contribution in [0.25, 0.3) is 0 Å². The molecule has 0 unspecified atom stereocenters. The highest BCUT2D eigenvalue weighted by Crippen LogP contribution is 2.24. The Balaban J connectivity index is 2.13. The fraction of sp³-hybridized carbons (Fsp3) is 0.833. The van der Waals surface area contributed by atoms with Gasteiger partial charge >= 0.3 is 0 Å². The van der Waals surface area contributed by atoms with E-state index < -0.39 is 0 Å². The van der Waals surface area contributed by atoms with Gasteiger partial charge in [-0.2, -0.15) is 11.3 Å². The van der Waals surface area contributed by atoms with Crippen molar-refractivity contribution in [3.05, 3.63) is 22.4 Å². The van der Waals surface area contributed by atoms with Gasteiger partial charge in [0.1, 0.15) is 0 Å². The van der Waals surface area contributed by atoms with Gasteiger partial charge < -0.3 is 0 Å². The van der Waals surface area contributed by atoms with Crippen molar-refractivity contribution >= 4 is 11.3 Å². The van der Waals surface area contributed by atoms with E-state index in [1.54, 1.807) is 5.56 Å². The summed E-state index contributed by atoms with van der Waals surface area (Å²) in [4.78, 5) is 0. The van der Waals surface area contributed by atoms with Crippen LogP contribution in [0.4, 0.5) is 0 Å². The summed E-state index contributed by atoms with van der Waals surface area (Å²) in [5.41, 5.74) is 1.58. The minimum Gasteiger partial charge on any atom is -0.152 e. The minimum atomic E-state index is 0.931. The molecule has 1 heterocycles. The van der Waals surface area contributed by atoms with Crippen molar-refractivity contribution in [3.63, 3.8) is 0 Å². The Kier molecular flexibility index (Phi) is 15.6. The highest BCUT2D eigenvalue weighted by Gasteiger charge is 2.10. The minimum absolute atomic E-state index is 0.931. The molecule has 0 bridgehead atoms. The van der Waals surface area contributed by atoms with Gasteiger partial charge in [0.05, 0.1) is 0 Å². The molecule has 146 valence electrons. The molecule has 0 amide bonds. The lowest BCUT2D eigenvalue weighted by Gasteiger charge is -2.16. The molecule has 0 spiro atoms. The summed E-state index contributed by atoms with van der Waals surface area (Å²) in [5.74, 6) is 0.931. The summed E-state index contributed by atoms with van der Waals surface area (Å²) >= 11 is 1.86. The van der Waals surface area contributed by atoms with Crippen molar-refractivity contribution in [2.24, 2.45) is 5.92 Å². The number of thiophene rings is 1. The molecule has 1 rings (SSSR count). The third-order valence-corrected chi connectivity index (χ3v) is 6.27. The largest absolute Gasteiger partial charge is 0.152 e. The van der Waals surface area contributed by atoms with Gasteiger partial charge in [-0.15, -0.1) is 0 Å². The molecule has 0 nitrogen and oxygen atoms in total. The Hall–Kier alpha value is -0.300. The summed E-state index contributed by atoms with van der Waals surface area (Å²) in [5, 5.41) is 4.61. The molecule has 0 saturated heterocycles. The van der Waals surface area contributed by atoms with Crippen molar-refractivity contribution in [3.8, 4) is 0 Å². The quantitative estimate of drug-likeness (QED) is 0.228. The summed E-state index contributed by atoms with van der Waals surface area (Å²) in [6, 6.07) is 2.34. The first kappa shape index (κ1) is 22.7. The van der Waals surface area contributed by atoms with Crippen LogP contribution in [0.15, 0.2) is 16.8 Å². The standard InChI is InChI=1S/C24H44S/c1-3-5-7-9-11-12-14-16-18-23(21-24-19-20-25-22-24)17-15-13-10-8-6-4-2/h19-20,22-23H,3-18,21H2,1-2H3/t23-/m1/s1. The van der Waals surface area contributed by atoms with Crippen LogP contribution in [-0.4, -0.2) is 0 Å². The molecule has 1 atom stereocenters. The van der Waals surface area contributed by atoms with Gasteiger partial charge in [-0.25, -0.2) is 0 Å². The van der Waals surface area contributed by atoms with E-state index in [2.05, 4.69) is 30.7 Å². The van der Waals surface area contributed by atoms with Crippen molar-refractivity contribution in [1.82, 2.24) is 0 Å². The maximum atomic E-state index is 2.36. The lowest BCUT2D eigenvalue weighted by atomic mass is 9.89. The second kappa shape index (κ2) is 17.1. The zero-order valence-electron chi connectivity index (χ0n) is 17.2. The van der Waals surface area contributed by atoms with Crippen LogP contribution in [-0.2, 0) is 6.42 Å². The monoisotopic (exact) mass is 364 g/mol. The highest BCUT2D eigenvalue weighted by molar-refractivity contribution is 7.07. The van der Waals surface area contributed by atoms with Crippen LogP contribution in [0.5, 0.6) is 0 Å². The average molecular weight is 365 g/mol. The molecule has 0 aromatic carbocycles. The van der Waals surface area contributed by atoms with Gasteiger partial charge in [-0.3, -0.25) is 0 Å². The molecule has 0 aliphatic heterocycles. The molecule has 0 radical (unpaired) electrons. The first-order valence-electron chi connectivity index (χ1n) is 11.4. The van der Waals surface area contributed by atoms with Crippen LogP contribution in [0, 0.1) is 5.92 Å². The molecule has 0 saturated carbocycles. The highest BCUT2D eigenvalue weighted by atomic mass is 32.1. The van der Waals surface area contributed by atoms with Gasteiger partial charge in [0, 0.05) is 0 Å². The smallest absolute Gasteiger partial charge is 0.00612 e. The number of hydrogen-bond acceptors (Lipinski definition) is 1. The predicted octanol–water partition coefficient (Wildman–Crippen LogP) is 9.19. The van der Waals surface area contributed by atoms with Gasteiger partial charge in [-0.1, -0.05) is 117 Å². The van der Waals surface area contributed by atoms with E-state index >= 15 is 0 Å². The third kappa shape index (κ3) is 13.5.